The van der Waals surface area contributed by atoms with E-state index in [4.69, 9.17) is 37.9 Å². The first-order valence-electron chi connectivity index (χ1n) is 23.4. The Bertz CT molecular complexity index is 1760. The fourth-order valence-corrected chi connectivity index (χ4v) is 13.5. The van der Waals surface area contributed by atoms with Crippen LogP contribution in [0.25, 0.3) is 0 Å². The molecule has 4 aliphatic heterocycles. The van der Waals surface area contributed by atoms with Crippen molar-refractivity contribution in [3.8, 4) is 0 Å². The summed E-state index contributed by atoms with van der Waals surface area (Å²) in [6, 6.07) is 0. The number of hydrogen-bond donors (Lipinski definition) is 14. The zero-order valence-corrected chi connectivity index (χ0v) is 37.5. The summed E-state index contributed by atoms with van der Waals surface area (Å²) >= 11 is 0. The molecule has 2 bridgehead atoms. The minimum atomic E-state index is -1.95. The van der Waals surface area contributed by atoms with Gasteiger partial charge in [0.25, 0.3) is 0 Å². The zero-order valence-electron chi connectivity index (χ0n) is 37.5. The first-order valence-corrected chi connectivity index (χ1v) is 23.4. The lowest BCUT2D eigenvalue weighted by Gasteiger charge is -2.64. The summed E-state index contributed by atoms with van der Waals surface area (Å²) in [5.41, 5.74) is -2.33. The maximum atomic E-state index is 14.3. The van der Waals surface area contributed by atoms with Crippen LogP contribution in [0.4, 0.5) is 0 Å². The number of ether oxygens (including phenoxy) is 8. The van der Waals surface area contributed by atoms with Crippen molar-refractivity contribution in [2.75, 3.05) is 26.4 Å². The molecule has 0 radical (unpaired) electrons. The number of aliphatic hydroxyl groups is 14. The van der Waals surface area contributed by atoms with Crippen molar-refractivity contribution >= 4 is 5.97 Å². The molecule has 14 N–H and O–H groups in total. The monoisotopic (exact) mass is 966 g/mol. The average molecular weight is 967 g/mol. The van der Waals surface area contributed by atoms with E-state index in [0.29, 0.717) is 56.9 Å². The molecule has 4 saturated carbocycles. The largest absolute Gasteiger partial charge is 0.432 e. The Morgan fingerprint density at radius 3 is 1.57 bits per heavy atom. The molecular weight excluding hydrogens is 896 g/mol. The highest BCUT2D eigenvalue weighted by Crippen LogP contribution is 2.74. The van der Waals surface area contributed by atoms with Crippen molar-refractivity contribution in [2.24, 2.45) is 28.1 Å². The number of aliphatic hydroxyl groups excluding tert-OH is 14. The van der Waals surface area contributed by atoms with Crippen LogP contribution in [0.2, 0.25) is 0 Å². The van der Waals surface area contributed by atoms with E-state index < -0.39 is 177 Å². The van der Waals surface area contributed by atoms with E-state index in [1.165, 1.54) is 0 Å². The lowest BCUT2D eigenvalue weighted by Crippen LogP contribution is -2.68. The van der Waals surface area contributed by atoms with Crippen LogP contribution in [0.3, 0.4) is 0 Å². The molecule has 0 aromatic rings. The number of carbonyl (C=O) groups is 1. The minimum Gasteiger partial charge on any atom is -0.432 e. The summed E-state index contributed by atoms with van der Waals surface area (Å²) in [5, 5.41) is 148. The van der Waals surface area contributed by atoms with E-state index in [-0.39, 0.29) is 11.8 Å². The summed E-state index contributed by atoms with van der Waals surface area (Å²) in [7, 11) is 0. The van der Waals surface area contributed by atoms with Crippen molar-refractivity contribution in [2.45, 2.75) is 200 Å². The van der Waals surface area contributed by atoms with Gasteiger partial charge in [0.15, 0.2) is 18.9 Å². The quantitative estimate of drug-likeness (QED) is 0.0494. The molecule has 67 heavy (non-hydrogen) atoms. The van der Waals surface area contributed by atoms with Gasteiger partial charge in [-0.05, 0) is 86.5 Å². The molecule has 1 spiro atoms. The Kier molecular flexibility index (Phi) is 15.0. The summed E-state index contributed by atoms with van der Waals surface area (Å²) < 4.78 is 48.2. The lowest BCUT2D eigenvalue weighted by molar-refractivity contribution is -0.400. The SMILES string of the molecule is C=C1C[C@@]23CC[C@H]4[C@@](C)(CCC[C@@]4(C)C(=O)O[C@@H]4OC(CO)[C@@H](O)[C@H](O)C4O)[C@@H]2CC[C@]1(OC1OC(CO)C(O)C(OC2OC(CO)C(O)C(O)C2O)C1OC1OC(CO)C(O)C(O)C1O)C3. The summed E-state index contributed by atoms with van der Waals surface area (Å²) in [6.45, 7) is 5.41. The smallest absolute Gasteiger partial charge is 0.314 e. The highest BCUT2D eigenvalue weighted by atomic mass is 16.8. The molecule has 4 heterocycles. The van der Waals surface area contributed by atoms with Crippen LogP contribution in [-0.2, 0) is 42.7 Å². The first kappa shape index (κ1) is 51.7. The highest BCUT2D eigenvalue weighted by molar-refractivity contribution is 5.77. The predicted octanol–water partition coefficient (Wildman–Crippen LogP) is -5.11. The fraction of sp³-hybridized carbons (Fsp3) is 0.932. The minimum absolute atomic E-state index is 0.0251. The highest BCUT2D eigenvalue weighted by Gasteiger charge is 2.70. The number of esters is 1. The molecule has 0 aromatic carbocycles. The second-order valence-electron chi connectivity index (χ2n) is 20.8. The standard InChI is InChI=1S/C44H70O23/c1-17-11-43-9-5-22-41(2,7-4-8-42(22,3)40(59)66-38-33(58)30(55)26(51)20(14-47)62-38)23(43)6-10-44(17,16-43)67-39-35(65-37-32(57)29(54)25(50)19(13-46)61-37)34(27(52)21(15-48)63-39)64-36-31(56)28(53)24(49)18(12-45)60-36/h18-39,45-58H,1,4-16H2,2-3H3/t18?,19?,20?,21?,22-,23-,24?,25?,26+,27?,28?,29?,30-,31?,32?,33?,34?,35?,36?,37?,38-,39?,41+,42+,43+,44-/m0/s1. The molecule has 8 aliphatic rings. The first-order chi connectivity index (χ1) is 31.6. The van der Waals surface area contributed by atoms with E-state index in [1.807, 2.05) is 6.92 Å². The maximum absolute atomic E-state index is 14.3. The molecule has 0 aromatic heterocycles. The van der Waals surface area contributed by atoms with Crippen molar-refractivity contribution < 1.29 is 114 Å². The van der Waals surface area contributed by atoms with Crippen molar-refractivity contribution in [3.05, 3.63) is 12.2 Å². The number of rotatable bonds is 12. The molecule has 23 nitrogen and oxygen atoms in total. The van der Waals surface area contributed by atoms with Gasteiger partial charge in [0.05, 0.1) is 37.4 Å². The molecule has 8 fully saturated rings. The number of hydrogen-bond acceptors (Lipinski definition) is 23. The third-order valence-electron chi connectivity index (χ3n) is 17.1. The average Bonchev–Trinajstić information content (AvgIpc) is 3.50. The van der Waals surface area contributed by atoms with Gasteiger partial charge in [0, 0.05) is 0 Å². The molecule has 8 rings (SSSR count). The van der Waals surface area contributed by atoms with Gasteiger partial charge >= 0.3 is 5.97 Å². The molecule has 23 heteroatoms. The Hall–Kier alpha value is -1.63. The summed E-state index contributed by atoms with van der Waals surface area (Å²) in [5.74, 6) is -0.805. The van der Waals surface area contributed by atoms with E-state index in [9.17, 15) is 76.3 Å². The van der Waals surface area contributed by atoms with Crippen molar-refractivity contribution in [1.82, 2.24) is 0 Å². The van der Waals surface area contributed by atoms with Gasteiger partial charge in [-0.2, -0.15) is 0 Å². The van der Waals surface area contributed by atoms with E-state index in [0.717, 1.165) is 6.42 Å². The zero-order chi connectivity index (χ0) is 48.7. The van der Waals surface area contributed by atoms with E-state index in [2.05, 4.69) is 13.5 Å². The normalized spacial score (nSPS) is 54.5. The van der Waals surface area contributed by atoms with Crippen LogP contribution in [0.5, 0.6) is 0 Å². The predicted molar refractivity (Wildman–Crippen MR) is 219 cm³/mol. The Morgan fingerprint density at radius 1 is 0.567 bits per heavy atom. The second-order valence-corrected chi connectivity index (χ2v) is 20.8. The van der Waals surface area contributed by atoms with Gasteiger partial charge in [-0.15, -0.1) is 0 Å². The third kappa shape index (κ3) is 8.63. The maximum Gasteiger partial charge on any atom is 0.314 e. The lowest BCUT2D eigenvalue weighted by atomic mass is 9.41. The molecule has 384 valence electrons. The number of fused-ring (bicyclic) bond motifs is 3. The molecule has 4 saturated heterocycles. The van der Waals surface area contributed by atoms with Crippen LogP contribution in [0, 0.1) is 28.1 Å². The van der Waals surface area contributed by atoms with Gasteiger partial charge in [-0.3, -0.25) is 4.79 Å². The van der Waals surface area contributed by atoms with Crippen LogP contribution in [0.1, 0.15) is 71.6 Å². The van der Waals surface area contributed by atoms with E-state index >= 15 is 0 Å². The van der Waals surface area contributed by atoms with Crippen molar-refractivity contribution in [3.63, 3.8) is 0 Å². The van der Waals surface area contributed by atoms with Gasteiger partial charge in [-0.1, -0.05) is 19.9 Å². The van der Waals surface area contributed by atoms with Crippen LogP contribution >= 0.6 is 0 Å². The fourth-order valence-electron chi connectivity index (χ4n) is 13.5. The van der Waals surface area contributed by atoms with Gasteiger partial charge in [-0.25, -0.2) is 0 Å². The van der Waals surface area contributed by atoms with Gasteiger partial charge in [0.2, 0.25) is 6.29 Å². The van der Waals surface area contributed by atoms with Gasteiger partial charge < -0.3 is 109 Å². The second kappa shape index (κ2) is 19.4. The Morgan fingerprint density at radius 2 is 1.03 bits per heavy atom. The Labute approximate surface area is 386 Å². The topological polar surface area (TPSA) is 374 Å². The van der Waals surface area contributed by atoms with Gasteiger partial charge in [0.1, 0.15) is 97.7 Å². The Balaban J connectivity index is 1.06. The number of carbonyl (C=O) groups excluding carboxylic acids is 1. The van der Waals surface area contributed by atoms with Crippen LogP contribution in [0.15, 0.2) is 12.2 Å². The molecule has 26 atom stereocenters. The molecule has 4 aliphatic carbocycles. The molecular formula is C44H70O23. The molecule has 17 unspecified atom stereocenters. The van der Waals surface area contributed by atoms with Crippen molar-refractivity contribution in [1.29, 1.82) is 0 Å². The third-order valence-corrected chi connectivity index (χ3v) is 17.1. The summed E-state index contributed by atoms with van der Waals surface area (Å²) in [6.07, 6.45) is -29.1. The van der Waals surface area contributed by atoms with E-state index in [1.54, 1.807) is 0 Å². The van der Waals surface area contributed by atoms with Crippen LogP contribution < -0.4 is 0 Å². The summed E-state index contributed by atoms with van der Waals surface area (Å²) in [4.78, 5) is 14.3. The molecule has 0 amide bonds. The van der Waals surface area contributed by atoms with Crippen LogP contribution in [-0.4, -0.2) is 232 Å².